The minimum absolute atomic E-state index is 0.228. The minimum Gasteiger partial charge on any atom is -0.495 e. The van der Waals surface area contributed by atoms with Crippen LogP contribution in [0.3, 0.4) is 0 Å². The van der Waals surface area contributed by atoms with Gasteiger partial charge in [-0.25, -0.2) is 4.79 Å². The molecule has 0 bridgehead atoms. The Hall–Kier alpha value is -4.55. The fourth-order valence-electron chi connectivity index (χ4n) is 5.96. The Bertz CT molecular complexity index is 1490. The first-order valence-corrected chi connectivity index (χ1v) is 16.6. The van der Waals surface area contributed by atoms with Gasteiger partial charge in [0.05, 0.1) is 25.6 Å². The van der Waals surface area contributed by atoms with E-state index in [1.165, 1.54) is 12.2 Å². The highest BCUT2D eigenvalue weighted by Gasteiger charge is 2.26. The number of amides is 3. The van der Waals surface area contributed by atoms with E-state index in [2.05, 4.69) is 53.0 Å². The number of hydrogen-bond donors (Lipinski definition) is 4. The molecule has 2 saturated heterocycles. The van der Waals surface area contributed by atoms with Crippen LogP contribution in [-0.4, -0.2) is 87.8 Å². The van der Waals surface area contributed by atoms with E-state index in [1.54, 1.807) is 47.1 Å². The highest BCUT2D eigenvalue weighted by molar-refractivity contribution is 6.01. The third-order valence-electron chi connectivity index (χ3n) is 8.61. The first-order valence-electron chi connectivity index (χ1n) is 16.6. The first kappa shape index (κ1) is 38.9. The van der Waals surface area contributed by atoms with Crippen LogP contribution in [-0.2, 0) is 14.3 Å². The fourth-order valence-corrected chi connectivity index (χ4v) is 5.96. The fraction of sp³-hybridized carbons (Fsp3) is 0.486. The van der Waals surface area contributed by atoms with Crippen molar-refractivity contribution < 1.29 is 28.6 Å². The van der Waals surface area contributed by atoms with E-state index in [0.717, 1.165) is 68.7 Å². The van der Waals surface area contributed by atoms with Crippen LogP contribution in [0.5, 0.6) is 11.5 Å². The summed E-state index contributed by atoms with van der Waals surface area (Å²) in [4.78, 5) is 40.4. The van der Waals surface area contributed by atoms with Gasteiger partial charge in [-0.15, -0.1) is 0 Å². The molecule has 49 heavy (non-hydrogen) atoms. The van der Waals surface area contributed by atoms with E-state index in [-0.39, 0.29) is 11.8 Å². The van der Waals surface area contributed by atoms with Crippen molar-refractivity contribution in [1.82, 2.24) is 9.80 Å². The van der Waals surface area contributed by atoms with Crippen LogP contribution in [0, 0.1) is 0 Å². The van der Waals surface area contributed by atoms with Crippen molar-refractivity contribution in [1.29, 1.82) is 0 Å². The molecule has 0 aromatic heterocycles. The molecular weight excluding hydrogens is 624 g/mol. The first-order chi connectivity index (χ1) is 23.2. The van der Waals surface area contributed by atoms with Crippen molar-refractivity contribution in [3.05, 3.63) is 60.7 Å². The molecule has 0 saturated carbocycles. The maximum absolute atomic E-state index is 12.2. The summed E-state index contributed by atoms with van der Waals surface area (Å²) < 4.78 is 16.1. The summed E-state index contributed by atoms with van der Waals surface area (Å²) in [5, 5.41) is 8.43. The van der Waals surface area contributed by atoms with Crippen molar-refractivity contribution in [2.75, 3.05) is 76.2 Å². The molecular formula is C37H54N6O6. The highest BCUT2D eigenvalue weighted by atomic mass is 16.6. The number of likely N-dealkylation sites (tertiary alicyclic amines) is 2. The molecule has 0 aliphatic carbocycles. The normalized spacial score (nSPS) is 16.0. The van der Waals surface area contributed by atoms with Gasteiger partial charge in [0.2, 0.25) is 11.8 Å². The third kappa shape index (κ3) is 11.5. The molecule has 2 heterocycles. The zero-order valence-corrected chi connectivity index (χ0v) is 30.1. The van der Waals surface area contributed by atoms with E-state index in [4.69, 9.17) is 19.9 Å². The number of nitrogens with two attached hydrogens (primary N) is 1. The molecule has 2 aliphatic rings. The zero-order chi connectivity index (χ0) is 36.3. The standard InChI is InChI=1S/C21H31N3O4.C16H23N3O2/c1-7-19(25)22-16-13-17(23-20(26)28-21(2,3)4)18(27-6)12-15(16)14-8-10-24(5)11-9-14;1-4-16(20)18-14-10-13(17)15(21-3)9-12(14)11-5-7-19(2)8-6-11/h7,12-14H,1,8-11H2,2-6H3,(H,22,25)(H,23,26);4,9-11H,1,5-8,17H2,2-3H3,(H,18,20). The number of benzene rings is 2. The minimum atomic E-state index is -0.620. The van der Waals surface area contributed by atoms with Crippen molar-refractivity contribution in [2.45, 2.75) is 63.9 Å². The van der Waals surface area contributed by atoms with Crippen molar-refractivity contribution in [3.8, 4) is 11.5 Å². The molecule has 268 valence electrons. The second kappa shape index (κ2) is 17.7. The number of nitrogens with one attached hydrogen (secondary N) is 3. The number of hydrogen-bond acceptors (Lipinski definition) is 9. The van der Waals surface area contributed by atoms with Crippen LogP contribution < -0.4 is 31.2 Å². The molecule has 3 amide bonds. The number of carbonyl (C=O) groups is 3. The number of nitrogen functional groups attached to an aromatic ring is 1. The SMILES string of the molecule is C=CC(=O)Nc1cc(N)c(OC)cc1C1CCN(C)CC1.C=CC(=O)Nc1cc(NC(=O)OC(C)(C)C)c(OC)cc1C1CCN(C)CC1. The lowest BCUT2D eigenvalue weighted by Crippen LogP contribution is -2.30. The molecule has 2 aliphatic heterocycles. The Morgan fingerprint density at radius 2 is 1.16 bits per heavy atom. The quantitative estimate of drug-likeness (QED) is 0.180. The van der Waals surface area contributed by atoms with Gasteiger partial charge in [0.1, 0.15) is 17.1 Å². The van der Waals surface area contributed by atoms with Gasteiger partial charge in [-0.3, -0.25) is 14.9 Å². The third-order valence-corrected chi connectivity index (χ3v) is 8.61. The lowest BCUT2D eigenvalue weighted by atomic mass is 9.88. The second-order valence-electron chi connectivity index (χ2n) is 13.5. The number of nitrogens with zero attached hydrogens (tertiary/aromatic N) is 2. The van der Waals surface area contributed by atoms with E-state index in [0.29, 0.717) is 40.4 Å². The molecule has 2 aromatic carbocycles. The van der Waals surface area contributed by atoms with E-state index in [9.17, 15) is 14.4 Å². The Labute approximate surface area is 291 Å². The Kier molecular flexibility index (Phi) is 14.1. The zero-order valence-electron chi connectivity index (χ0n) is 30.1. The summed E-state index contributed by atoms with van der Waals surface area (Å²) >= 11 is 0. The maximum atomic E-state index is 12.2. The van der Waals surface area contributed by atoms with E-state index >= 15 is 0 Å². The molecule has 4 rings (SSSR count). The summed E-state index contributed by atoms with van der Waals surface area (Å²) in [5.41, 5.74) is 9.78. The highest BCUT2D eigenvalue weighted by Crippen LogP contribution is 2.40. The molecule has 12 heteroatoms. The van der Waals surface area contributed by atoms with Gasteiger partial charge in [0, 0.05) is 11.4 Å². The molecule has 2 aromatic rings. The van der Waals surface area contributed by atoms with E-state index < -0.39 is 11.7 Å². The molecule has 0 spiro atoms. The predicted molar refractivity (Wildman–Crippen MR) is 197 cm³/mol. The Balaban J connectivity index is 0.000000276. The number of carbonyl (C=O) groups excluding carboxylic acids is 3. The van der Waals surface area contributed by atoms with Crippen molar-refractivity contribution >= 4 is 40.7 Å². The van der Waals surface area contributed by atoms with Gasteiger partial charge in [-0.1, -0.05) is 13.2 Å². The predicted octanol–water partition coefficient (Wildman–Crippen LogP) is 6.19. The number of piperidine rings is 2. The van der Waals surface area contributed by atoms with Gasteiger partial charge in [0.25, 0.3) is 0 Å². The largest absolute Gasteiger partial charge is 0.495 e. The smallest absolute Gasteiger partial charge is 0.412 e. The molecule has 2 fully saturated rings. The van der Waals surface area contributed by atoms with Gasteiger partial charge < -0.3 is 40.4 Å². The van der Waals surface area contributed by atoms with Crippen LogP contribution in [0.1, 0.15) is 69.4 Å². The average molecular weight is 679 g/mol. The second-order valence-corrected chi connectivity index (χ2v) is 13.5. The Morgan fingerprint density at radius 3 is 1.57 bits per heavy atom. The van der Waals surface area contributed by atoms with Crippen LogP contribution >= 0.6 is 0 Å². The molecule has 12 nitrogen and oxygen atoms in total. The summed E-state index contributed by atoms with van der Waals surface area (Å²) in [7, 11) is 7.38. The van der Waals surface area contributed by atoms with Crippen molar-refractivity contribution in [2.24, 2.45) is 0 Å². The van der Waals surface area contributed by atoms with Gasteiger partial charge in [0.15, 0.2) is 0 Å². The topological polar surface area (TPSA) is 147 Å². The number of rotatable bonds is 9. The molecule has 5 N–H and O–H groups in total. The van der Waals surface area contributed by atoms with Gasteiger partial charge >= 0.3 is 6.09 Å². The summed E-state index contributed by atoms with van der Waals surface area (Å²) in [6.45, 7) is 16.5. The summed E-state index contributed by atoms with van der Waals surface area (Å²) in [6.07, 6.45) is 5.98. The maximum Gasteiger partial charge on any atom is 0.412 e. The van der Waals surface area contributed by atoms with Crippen LogP contribution in [0.2, 0.25) is 0 Å². The molecule has 0 atom stereocenters. The number of methoxy groups -OCH3 is 2. The molecule has 0 radical (unpaired) electrons. The summed E-state index contributed by atoms with van der Waals surface area (Å²) in [6, 6.07) is 7.33. The van der Waals surface area contributed by atoms with Gasteiger partial charge in [-0.2, -0.15) is 0 Å². The Morgan fingerprint density at radius 1 is 0.735 bits per heavy atom. The molecule has 0 unspecified atom stereocenters. The number of ether oxygens (including phenoxy) is 3. The average Bonchev–Trinajstić information content (AvgIpc) is 3.05. The van der Waals surface area contributed by atoms with E-state index in [1.807, 2.05) is 12.1 Å². The lowest BCUT2D eigenvalue weighted by molar-refractivity contribution is -0.112. The monoisotopic (exact) mass is 678 g/mol. The van der Waals surface area contributed by atoms with Crippen LogP contribution in [0.4, 0.5) is 27.5 Å². The van der Waals surface area contributed by atoms with Crippen molar-refractivity contribution in [3.63, 3.8) is 0 Å². The van der Waals surface area contributed by atoms with Crippen LogP contribution in [0.15, 0.2) is 49.6 Å². The van der Waals surface area contributed by atoms with Crippen LogP contribution in [0.25, 0.3) is 0 Å². The van der Waals surface area contributed by atoms with Gasteiger partial charge in [-0.05, 0) is 146 Å². The lowest BCUT2D eigenvalue weighted by Gasteiger charge is -2.31. The number of anilines is 4. The summed E-state index contributed by atoms with van der Waals surface area (Å²) in [5.74, 6) is 1.34.